The van der Waals surface area contributed by atoms with Crippen molar-refractivity contribution >= 4 is 23.3 Å². The van der Waals surface area contributed by atoms with Gasteiger partial charge in [0, 0.05) is 70.1 Å². The maximum Gasteiger partial charge on any atom is 0.311 e. The smallest absolute Gasteiger partial charge is 0.311 e. The van der Waals surface area contributed by atoms with E-state index in [1.54, 1.807) is 61.8 Å². The van der Waals surface area contributed by atoms with Crippen LogP contribution in [0, 0.1) is 17.8 Å². The molecule has 0 saturated carbocycles. The number of aromatic nitrogens is 3. The van der Waals surface area contributed by atoms with Crippen molar-refractivity contribution in [1.82, 2.24) is 24.8 Å². The van der Waals surface area contributed by atoms with E-state index in [-0.39, 0.29) is 25.2 Å². The molecule has 0 bridgehead atoms. The molecule has 6 rings (SSSR count). The average molecular weight is 1090 g/mol. The van der Waals surface area contributed by atoms with Crippen molar-refractivity contribution in [2.75, 3.05) is 59.6 Å². The Bertz CT molecular complexity index is 2170. The van der Waals surface area contributed by atoms with Crippen molar-refractivity contribution in [3.8, 4) is 0 Å². The summed E-state index contributed by atoms with van der Waals surface area (Å²) in [5, 5.41) is 68.7. The van der Waals surface area contributed by atoms with E-state index in [4.69, 9.17) is 33.2 Å². The Labute approximate surface area is 455 Å². The quantitative estimate of drug-likeness (QED) is 0.131. The second-order valence-corrected chi connectivity index (χ2v) is 24.3. The van der Waals surface area contributed by atoms with Crippen LogP contribution in [0.3, 0.4) is 0 Å². The lowest BCUT2D eigenvalue weighted by atomic mass is 9.77. The van der Waals surface area contributed by atoms with Gasteiger partial charge in [0.15, 0.2) is 12.6 Å². The minimum Gasteiger partial charge on any atom is -0.459 e. The minimum atomic E-state index is -1.85. The number of methoxy groups -OCH3 is 2. The number of esters is 1. The van der Waals surface area contributed by atoms with Crippen LogP contribution < -0.4 is 0 Å². The summed E-state index contributed by atoms with van der Waals surface area (Å²) in [5.74, 6) is -0.767. The molecule has 1 aromatic heterocycles. The van der Waals surface area contributed by atoms with Crippen LogP contribution in [0.2, 0.25) is 0 Å². The van der Waals surface area contributed by atoms with Crippen LogP contribution in [-0.2, 0) is 44.4 Å². The van der Waals surface area contributed by atoms with Crippen LogP contribution in [0.25, 0.3) is 5.57 Å². The molecular formula is C56H92FN5O13S. The van der Waals surface area contributed by atoms with Gasteiger partial charge in [-0.3, -0.25) is 4.79 Å². The number of benzene rings is 1. The van der Waals surface area contributed by atoms with Crippen LogP contribution in [-0.4, -0.2) is 206 Å². The fraction of sp³-hybridized carbons (Fsp3) is 0.804. The Balaban J connectivity index is 1.25. The van der Waals surface area contributed by atoms with Crippen LogP contribution >= 0.6 is 11.8 Å². The summed E-state index contributed by atoms with van der Waals surface area (Å²) in [5.41, 5.74) is -0.635. The summed E-state index contributed by atoms with van der Waals surface area (Å²) in [6.45, 7) is 17.6. The largest absolute Gasteiger partial charge is 0.459 e. The van der Waals surface area contributed by atoms with E-state index in [0.29, 0.717) is 31.6 Å². The highest BCUT2D eigenvalue weighted by Gasteiger charge is 2.53. The van der Waals surface area contributed by atoms with Gasteiger partial charge in [-0.05, 0) is 117 Å². The van der Waals surface area contributed by atoms with Gasteiger partial charge in [-0.25, -0.2) is 9.07 Å². The van der Waals surface area contributed by atoms with Crippen molar-refractivity contribution in [2.45, 2.75) is 210 Å². The zero-order valence-corrected chi connectivity index (χ0v) is 48.4. The number of alkyl halides is 1. The van der Waals surface area contributed by atoms with E-state index >= 15 is 0 Å². The molecule has 1 aromatic carbocycles. The van der Waals surface area contributed by atoms with Gasteiger partial charge in [0.05, 0.1) is 47.2 Å². The number of nitrogens with zero attached hydrogens (tertiary/aromatic N) is 5. The molecule has 0 spiro atoms. The van der Waals surface area contributed by atoms with Crippen molar-refractivity contribution in [3.05, 3.63) is 53.4 Å². The molecule has 2 aromatic rings. The predicted molar refractivity (Wildman–Crippen MR) is 288 cm³/mol. The number of hydrogen-bond donors (Lipinski definition) is 5. The summed E-state index contributed by atoms with van der Waals surface area (Å²) >= 11 is 1.92. The van der Waals surface area contributed by atoms with E-state index in [0.717, 1.165) is 29.1 Å². The number of likely N-dealkylation sites (N-methyl/N-ethyl adjacent to an activating group) is 2. The molecule has 20 heteroatoms. The molecule has 0 unspecified atom stereocenters. The molecule has 4 aliphatic heterocycles. The number of carbonyl (C=O) groups is 1. The van der Waals surface area contributed by atoms with Crippen LogP contribution in [0.1, 0.15) is 130 Å². The second-order valence-electron chi connectivity index (χ2n) is 23.2. The first-order valence-electron chi connectivity index (χ1n) is 27.4. The number of aliphatic hydroxyl groups excluding tert-OH is 3. The molecule has 432 valence electrons. The van der Waals surface area contributed by atoms with Gasteiger partial charge in [-0.2, -0.15) is 11.8 Å². The Morgan fingerprint density at radius 2 is 1.68 bits per heavy atom. The average Bonchev–Trinajstić information content (AvgIpc) is 3.87. The summed E-state index contributed by atoms with van der Waals surface area (Å²) in [6.07, 6.45) is -4.55. The Morgan fingerprint density at radius 3 is 2.30 bits per heavy atom. The van der Waals surface area contributed by atoms with E-state index in [1.807, 2.05) is 61.6 Å². The molecule has 18 nitrogen and oxygen atoms in total. The number of ether oxygens (including phenoxy) is 7. The minimum absolute atomic E-state index is 0.0880. The lowest BCUT2D eigenvalue weighted by Crippen LogP contribution is -2.61. The number of rotatable bonds is 16. The molecular weight excluding hydrogens is 1000 g/mol. The summed E-state index contributed by atoms with van der Waals surface area (Å²) in [6, 6.07) is 6.30. The van der Waals surface area contributed by atoms with Gasteiger partial charge in [-0.15, -0.1) is 5.10 Å². The molecule has 20 atom stereocenters. The molecule has 0 aliphatic carbocycles. The van der Waals surface area contributed by atoms with Crippen LogP contribution in [0.5, 0.6) is 0 Å². The second kappa shape index (κ2) is 26.7. The highest BCUT2D eigenvalue weighted by atomic mass is 32.2. The lowest BCUT2D eigenvalue weighted by molar-refractivity contribution is -0.318. The number of carbonyl (C=O) groups excluding carboxylic acids is 1. The Morgan fingerprint density at radius 1 is 0.987 bits per heavy atom. The topological polar surface area (TPSA) is 220 Å². The number of aliphatic hydroxyl groups is 5. The predicted octanol–water partition coefficient (Wildman–Crippen LogP) is 5.52. The first-order valence-corrected chi connectivity index (χ1v) is 28.6. The number of thioether (sulfide) groups is 1. The van der Waals surface area contributed by atoms with E-state index < -0.39 is 127 Å². The van der Waals surface area contributed by atoms with Gasteiger partial charge in [0.1, 0.15) is 48.8 Å². The molecule has 0 radical (unpaired) electrons. The van der Waals surface area contributed by atoms with Crippen molar-refractivity contribution in [1.29, 1.82) is 0 Å². The van der Waals surface area contributed by atoms with Crippen LogP contribution in [0.4, 0.5) is 4.39 Å². The Kier molecular flexibility index (Phi) is 22.0. The van der Waals surface area contributed by atoms with Gasteiger partial charge in [0.25, 0.3) is 0 Å². The molecule has 3 saturated heterocycles. The summed E-state index contributed by atoms with van der Waals surface area (Å²) in [4.78, 5) is 18.5. The first-order chi connectivity index (χ1) is 35.8. The maximum atomic E-state index is 14.9. The molecule has 0 amide bonds. The van der Waals surface area contributed by atoms with E-state index in [2.05, 4.69) is 28.5 Å². The Hall–Kier alpha value is -2.67. The lowest BCUT2D eigenvalue weighted by Gasteiger charge is -2.49. The monoisotopic (exact) mass is 1090 g/mol. The molecule has 3 fully saturated rings. The standard InChI is InChI=1S/C56H92FN5O13S/c1-15-44-56(10,68)49(64)36(6)61(12)30-32(2)27-54(8,67)51(34(4)47(35(5)52(66)73-44)74-45-28-55(9,70-14)50(65)37(7)72-45)75-53-46(63)42(26-33(3)71-53)60(11)23-20-41-31-62(59-58-41)43(29-57)48(69-13)40-18-16-38(17-19-40)39-21-24-76-25-22-39/h16-19,21,31-37,42-51,53,63-65,67-68H,15,20,22-30H2,1-14H3/t32-,33-,34+,35-,36-,37+,42+,43-,44-,45+,46-,47+,48-,49-,50+,51-,53+,54-,55-,56-/m1/s1. The third-order valence-corrected chi connectivity index (χ3v) is 18.0. The molecule has 5 N–H and O–H groups in total. The fourth-order valence-electron chi connectivity index (χ4n) is 12.2. The normalized spacial score (nSPS) is 39.7. The molecule has 5 heterocycles. The number of allylic oxidation sites excluding steroid dienone is 1. The van der Waals surface area contributed by atoms with E-state index in [9.17, 15) is 34.7 Å². The first kappa shape index (κ1) is 62.5. The summed E-state index contributed by atoms with van der Waals surface area (Å²) < 4.78 is 60.7. The number of hydrogen-bond acceptors (Lipinski definition) is 18. The number of cyclic esters (lactones) is 1. The van der Waals surface area contributed by atoms with Gasteiger partial charge >= 0.3 is 5.97 Å². The van der Waals surface area contributed by atoms with Gasteiger partial charge in [-0.1, -0.05) is 56.3 Å². The third-order valence-electron chi connectivity index (χ3n) is 17.1. The SMILES string of the molecule is CC[C@H]1OC(=O)[C@H](C)[C@@H](O[C@H]2C[C@@](C)(OC)[C@@H](O)[C@H](C)O2)[C@H](C)[C@@H](O[C@@H]2O[C@H](C)C[C@H](N(C)CCc3cn([C@H](CF)[C@H](OC)c4ccc(C5=CCSCC5)cc4)nn3)[C@H]2O)[C@](C)(O)C[C@@H](C)CN(C)[C@H](C)[C@@H](O)[C@]1(C)O. The zero-order chi connectivity index (χ0) is 56.0. The molecule has 4 aliphatic rings. The molecule has 76 heavy (non-hydrogen) atoms. The number of halogens is 1. The maximum absolute atomic E-state index is 14.9. The summed E-state index contributed by atoms with van der Waals surface area (Å²) in [7, 11) is 6.80. The van der Waals surface area contributed by atoms with E-state index in [1.165, 1.54) is 24.3 Å². The fourth-order valence-corrected chi connectivity index (χ4v) is 13.0. The van der Waals surface area contributed by atoms with Crippen molar-refractivity contribution in [2.24, 2.45) is 17.8 Å². The zero-order valence-electron chi connectivity index (χ0n) is 47.6. The highest BCUT2D eigenvalue weighted by Crippen LogP contribution is 2.41. The van der Waals surface area contributed by atoms with Gasteiger partial charge < -0.3 is 68.5 Å². The van der Waals surface area contributed by atoms with Crippen molar-refractivity contribution < 1.29 is 67.9 Å². The highest BCUT2D eigenvalue weighted by molar-refractivity contribution is 7.99. The van der Waals surface area contributed by atoms with Gasteiger partial charge in [0.2, 0.25) is 0 Å². The third kappa shape index (κ3) is 14.4. The van der Waals surface area contributed by atoms with Crippen LogP contribution in [0.15, 0.2) is 36.5 Å². The van der Waals surface area contributed by atoms with Crippen molar-refractivity contribution in [3.63, 3.8) is 0 Å².